The number of aliphatic hydroxyl groups is 1. The number of carbonyl (C=O) groups excluding carboxylic acids is 3. The van der Waals surface area contributed by atoms with Gasteiger partial charge < -0.3 is 19.3 Å². The first-order chi connectivity index (χ1) is 17.9. The van der Waals surface area contributed by atoms with E-state index >= 15 is 0 Å². The van der Waals surface area contributed by atoms with Gasteiger partial charge >= 0.3 is 5.97 Å². The van der Waals surface area contributed by atoms with Crippen LogP contribution in [0.5, 0.6) is 11.5 Å². The average Bonchev–Trinajstić information content (AvgIpc) is 3.21. The zero-order chi connectivity index (χ0) is 26.5. The van der Waals surface area contributed by atoms with Gasteiger partial charge in [-0.1, -0.05) is 37.3 Å². The molecule has 3 aromatic rings. The molecule has 0 aliphatic carbocycles. The minimum atomic E-state index is -0.911. The van der Waals surface area contributed by atoms with Gasteiger partial charge in [0, 0.05) is 11.8 Å². The normalized spacial score (nSPS) is 16.5. The molecular weight excluding hydrogens is 474 g/mol. The predicted molar refractivity (Wildman–Crippen MR) is 138 cm³/mol. The second kappa shape index (κ2) is 11.0. The molecule has 4 rings (SSSR count). The van der Waals surface area contributed by atoms with Crippen LogP contribution in [0.1, 0.15) is 40.9 Å². The summed E-state index contributed by atoms with van der Waals surface area (Å²) in [6.45, 7) is 2.20. The molecule has 190 valence electrons. The van der Waals surface area contributed by atoms with Crippen LogP contribution in [0.4, 0.5) is 5.69 Å². The molecule has 0 radical (unpaired) electrons. The summed E-state index contributed by atoms with van der Waals surface area (Å²) in [4.78, 5) is 40.2. The number of methoxy groups -OCH3 is 2. The van der Waals surface area contributed by atoms with Crippen molar-refractivity contribution >= 4 is 29.1 Å². The van der Waals surface area contributed by atoms with Crippen LogP contribution in [0, 0.1) is 0 Å². The molecule has 8 nitrogen and oxygen atoms in total. The molecule has 1 N–H and O–H groups in total. The number of ketones is 1. The van der Waals surface area contributed by atoms with E-state index in [0.717, 1.165) is 0 Å². The summed E-state index contributed by atoms with van der Waals surface area (Å²) in [6.07, 6.45) is 0.699. The number of esters is 1. The molecule has 0 bridgehead atoms. The molecule has 3 aromatic carbocycles. The number of carbonyl (C=O) groups is 3. The third-order valence-electron chi connectivity index (χ3n) is 6.04. The zero-order valence-electron chi connectivity index (χ0n) is 20.8. The average molecular weight is 502 g/mol. The molecule has 1 fully saturated rings. The van der Waals surface area contributed by atoms with Gasteiger partial charge in [-0.05, 0) is 48.4 Å². The van der Waals surface area contributed by atoms with Gasteiger partial charge in [0.2, 0.25) is 0 Å². The summed E-state index contributed by atoms with van der Waals surface area (Å²) in [6, 6.07) is 19.1. The second-order valence-electron chi connectivity index (χ2n) is 8.33. The summed E-state index contributed by atoms with van der Waals surface area (Å²) >= 11 is 0. The number of amides is 1. The number of hydrogen-bond donors (Lipinski definition) is 1. The summed E-state index contributed by atoms with van der Waals surface area (Å²) in [7, 11) is 2.94. The van der Waals surface area contributed by atoms with Crippen molar-refractivity contribution in [1.82, 2.24) is 0 Å². The molecule has 1 heterocycles. The van der Waals surface area contributed by atoms with E-state index in [-0.39, 0.29) is 22.6 Å². The zero-order valence-corrected chi connectivity index (χ0v) is 20.8. The van der Waals surface area contributed by atoms with Crippen molar-refractivity contribution in [3.63, 3.8) is 0 Å². The van der Waals surface area contributed by atoms with Gasteiger partial charge in [0.15, 0.2) is 0 Å². The lowest BCUT2D eigenvalue weighted by molar-refractivity contribution is -0.132. The van der Waals surface area contributed by atoms with Crippen molar-refractivity contribution in [2.24, 2.45) is 0 Å². The number of ether oxygens (including phenoxy) is 3. The number of Topliss-reactive ketones (excluding diaryl/α,β-unsaturated/α-hetero) is 1. The SMILES string of the molecule is CCCOC(=O)c1ccc(N2C(=O)C(=O)/C(=C(\O)c3ccc(OC)cc3OC)C2c2ccccc2)cc1. The highest BCUT2D eigenvalue weighted by Gasteiger charge is 2.47. The molecule has 0 spiro atoms. The van der Waals surface area contributed by atoms with E-state index in [1.807, 2.05) is 13.0 Å². The highest BCUT2D eigenvalue weighted by atomic mass is 16.5. The molecule has 1 amide bonds. The molecule has 1 aliphatic heterocycles. The van der Waals surface area contributed by atoms with Crippen LogP contribution in [0.3, 0.4) is 0 Å². The first-order valence-corrected chi connectivity index (χ1v) is 11.8. The number of hydrogen-bond acceptors (Lipinski definition) is 7. The Morgan fingerprint density at radius 3 is 2.27 bits per heavy atom. The van der Waals surface area contributed by atoms with Gasteiger partial charge in [0.05, 0.1) is 43.6 Å². The van der Waals surface area contributed by atoms with Crippen molar-refractivity contribution in [3.8, 4) is 11.5 Å². The molecule has 8 heteroatoms. The Morgan fingerprint density at radius 2 is 1.65 bits per heavy atom. The fraction of sp³-hybridized carbons (Fsp3) is 0.207. The second-order valence-corrected chi connectivity index (χ2v) is 8.33. The fourth-order valence-corrected chi connectivity index (χ4v) is 4.23. The van der Waals surface area contributed by atoms with Crippen molar-refractivity contribution in [3.05, 3.63) is 95.1 Å². The standard InChI is InChI=1S/C29H27NO7/c1-4-16-37-29(34)19-10-12-20(13-11-19)30-25(18-8-6-5-7-9-18)24(27(32)28(30)33)26(31)22-15-14-21(35-2)17-23(22)36-3/h5-15,17,25,31H,4,16H2,1-3H3/b26-24-. The predicted octanol–water partition coefficient (Wildman–Crippen LogP) is 4.90. The molecule has 1 atom stereocenters. The summed E-state index contributed by atoms with van der Waals surface area (Å²) in [5.41, 5.74) is 1.52. The number of benzene rings is 3. The third-order valence-corrected chi connectivity index (χ3v) is 6.04. The van der Waals surface area contributed by atoms with Crippen LogP contribution in [-0.4, -0.2) is 43.6 Å². The maximum atomic E-state index is 13.4. The lowest BCUT2D eigenvalue weighted by Crippen LogP contribution is -2.29. The van der Waals surface area contributed by atoms with E-state index in [9.17, 15) is 19.5 Å². The Morgan fingerprint density at radius 1 is 0.946 bits per heavy atom. The van der Waals surface area contributed by atoms with Gasteiger partial charge in [-0.25, -0.2) is 4.79 Å². The van der Waals surface area contributed by atoms with Gasteiger partial charge in [0.1, 0.15) is 17.3 Å². The number of anilines is 1. The van der Waals surface area contributed by atoms with E-state index in [2.05, 4.69) is 0 Å². The quantitative estimate of drug-likeness (QED) is 0.203. The topological polar surface area (TPSA) is 102 Å². The van der Waals surface area contributed by atoms with Crippen LogP contribution in [0.2, 0.25) is 0 Å². The number of aliphatic hydroxyl groups excluding tert-OH is 1. The fourth-order valence-electron chi connectivity index (χ4n) is 4.23. The number of rotatable bonds is 8. The van der Waals surface area contributed by atoms with Crippen molar-refractivity contribution in [2.75, 3.05) is 25.7 Å². The largest absolute Gasteiger partial charge is 0.507 e. The van der Waals surface area contributed by atoms with E-state index in [0.29, 0.717) is 35.6 Å². The van der Waals surface area contributed by atoms with E-state index < -0.39 is 23.7 Å². The highest BCUT2D eigenvalue weighted by molar-refractivity contribution is 6.51. The Kier molecular flexibility index (Phi) is 7.57. The van der Waals surface area contributed by atoms with Gasteiger partial charge in [-0.15, -0.1) is 0 Å². The van der Waals surface area contributed by atoms with Gasteiger partial charge in [-0.2, -0.15) is 0 Å². The maximum Gasteiger partial charge on any atom is 0.338 e. The molecular formula is C29H27NO7. The molecule has 0 aromatic heterocycles. The van der Waals surface area contributed by atoms with E-state index in [4.69, 9.17) is 14.2 Å². The first-order valence-electron chi connectivity index (χ1n) is 11.8. The third kappa shape index (κ3) is 4.91. The molecule has 37 heavy (non-hydrogen) atoms. The van der Waals surface area contributed by atoms with Crippen LogP contribution in [-0.2, 0) is 14.3 Å². The van der Waals surface area contributed by atoms with Gasteiger partial charge in [-0.3, -0.25) is 14.5 Å². The number of nitrogens with zero attached hydrogens (tertiary/aromatic N) is 1. The van der Waals surface area contributed by atoms with Crippen LogP contribution in [0.15, 0.2) is 78.4 Å². The van der Waals surface area contributed by atoms with Crippen molar-refractivity contribution < 1.29 is 33.7 Å². The minimum absolute atomic E-state index is 0.0777. The Balaban J connectivity index is 1.84. The Hall–Kier alpha value is -4.59. The Labute approximate surface area is 214 Å². The molecule has 0 saturated carbocycles. The van der Waals surface area contributed by atoms with Crippen molar-refractivity contribution in [1.29, 1.82) is 0 Å². The van der Waals surface area contributed by atoms with E-state index in [1.54, 1.807) is 66.7 Å². The lowest BCUT2D eigenvalue weighted by Gasteiger charge is -2.25. The van der Waals surface area contributed by atoms with Gasteiger partial charge in [0.25, 0.3) is 11.7 Å². The lowest BCUT2D eigenvalue weighted by atomic mass is 9.94. The van der Waals surface area contributed by atoms with Crippen molar-refractivity contribution in [2.45, 2.75) is 19.4 Å². The molecule has 1 saturated heterocycles. The smallest absolute Gasteiger partial charge is 0.338 e. The summed E-state index contributed by atoms with van der Waals surface area (Å²) in [5.74, 6) is -1.69. The van der Waals surface area contributed by atoms with E-state index in [1.165, 1.54) is 19.1 Å². The Bertz CT molecular complexity index is 1350. The summed E-state index contributed by atoms with van der Waals surface area (Å²) < 4.78 is 15.8. The van der Waals surface area contributed by atoms with Crippen LogP contribution < -0.4 is 14.4 Å². The molecule has 1 aliphatic rings. The maximum absolute atomic E-state index is 13.4. The first kappa shape index (κ1) is 25.5. The minimum Gasteiger partial charge on any atom is -0.507 e. The molecule has 1 unspecified atom stereocenters. The highest BCUT2D eigenvalue weighted by Crippen LogP contribution is 2.43. The monoisotopic (exact) mass is 501 g/mol. The van der Waals surface area contributed by atoms with Crippen LogP contribution >= 0.6 is 0 Å². The van der Waals surface area contributed by atoms with Crippen LogP contribution in [0.25, 0.3) is 5.76 Å². The summed E-state index contributed by atoms with van der Waals surface area (Å²) in [5, 5.41) is 11.4.